The summed E-state index contributed by atoms with van der Waals surface area (Å²) >= 11 is 6.23. The SMILES string of the molecule is CCN1CCN(c2ccc(Cl)cc2NC(=O)CCc2ncc(-c3ccc(C)cc3)o2)CC1. The number of halogens is 1. The Morgan fingerprint density at radius 1 is 1.12 bits per heavy atom. The van der Waals surface area contributed by atoms with Gasteiger partial charge in [-0.1, -0.05) is 48.4 Å². The number of aromatic nitrogens is 1. The number of hydrogen-bond acceptors (Lipinski definition) is 5. The van der Waals surface area contributed by atoms with Gasteiger partial charge in [-0.3, -0.25) is 4.79 Å². The molecule has 2 heterocycles. The monoisotopic (exact) mass is 452 g/mol. The highest BCUT2D eigenvalue weighted by Gasteiger charge is 2.19. The smallest absolute Gasteiger partial charge is 0.224 e. The van der Waals surface area contributed by atoms with Crippen molar-refractivity contribution < 1.29 is 9.21 Å². The molecule has 0 unspecified atom stereocenters. The Hall–Kier alpha value is -2.83. The second-order valence-corrected chi connectivity index (χ2v) is 8.55. The van der Waals surface area contributed by atoms with E-state index >= 15 is 0 Å². The van der Waals surface area contributed by atoms with Crippen molar-refractivity contribution in [3.05, 3.63) is 65.1 Å². The number of carbonyl (C=O) groups is 1. The average Bonchev–Trinajstić information content (AvgIpc) is 3.28. The molecule has 1 N–H and O–H groups in total. The van der Waals surface area contributed by atoms with Gasteiger partial charge in [-0.05, 0) is 31.7 Å². The predicted molar refractivity (Wildman–Crippen MR) is 129 cm³/mol. The van der Waals surface area contributed by atoms with Gasteiger partial charge in [-0.2, -0.15) is 0 Å². The Bertz CT molecular complexity index is 1060. The second-order valence-electron chi connectivity index (χ2n) is 8.12. The minimum Gasteiger partial charge on any atom is -0.441 e. The summed E-state index contributed by atoms with van der Waals surface area (Å²) in [6, 6.07) is 13.8. The lowest BCUT2D eigenvalue weighted by molar-refractivity contribution is -0.116. The van der Waals surface area contributed by atoms with Crippen LogP contribution >= 0.6 is 11.6 Å². The molecule has 4 rings (SSSR count). The van der Waals surface area contributed by atoms with Crippen molar-refractivity contribution in [1.82, 2.24) is 9.88 Å². The maximum absolute atomic E-state index is 12.7. The molecule has 1 aliphatic rings. The molecule has 0 saturated carbocycles. The molecule has 1 fully saturated rings. The zero-order valence-corrected chi connectivity index (χ0v) is 19.4. The minimum atomic E-state index is -0.0872. The summed E-state index contributed by atoms with van der Waals surface area (Å²) in [5.74, 6) is 1.18. The third kappa shape index (κ3) is 5.50. The van der Waals surface area contributed by atoms with Gasteiger partial charge < -0.3 is 19.5 Å². The summed E-state index contributed by atoms with van der Waals surface area (Å²) in [5, 5.41) is 3.64. The van der Waals surface area contributed by atoms with E-state index in [2.05, 4.69) is 27.0 Å². The van der Waals surface area contributed by atoms with Crippen LogP contribution in [0.2, 0.25) is 5.02 Å². The van der Waals surface area contributed by atoms with Crippen LogP contribution < -0.4 is 10.2 Å². The molecular weight excluding hydrogens is 424 g/mol. The number of likely N-dealkylation sites (N-methyl/N-ethyl adjacent to an activating group) is 1. The first kappa shape index (κ1) is 22.4. The van der Waals surface area contributed by atoms with Crippen molar-refractivity contribution in [3.63, 3.8) is 0 Å². The Balaban J connectivity index is 1.37. The maximum atomic E-state index is 12.7. The lowest BCUT2D eigenvalue weighted by Gasteiger charge is -2.36. The standard InChI is InChI=1S/C25H29ClN4O2/c1-3-29-12-14-30(15-13-29)22-9-8-20(26)16-21(22)28-24(31)10-11-25-27-17-23(32-25)19-6-4-18(2)5-7-19/h4-9,16-17H,3,10-15H2,1-2H3,(H,28,31). The molecule has 1 amide bonds. The fourth-order valence-electron chi connectivity index (χ4n) is 3.90. The molecule has 0 spiro atoms. The van der Waals surface area contributed by atoms with Gasteiger partial charge in [0.15, 0.2) is 11.7 Å². The van der Waals surface area contributed by atoms with E-state index < -0.39 is 0 Å². The molecular formula is C25H29ClN4O2. The van der Waals surface area contributed by atoms with E-state index in [1.165, 1.54) is 5.56 Å². The van der Waals surface area contributed by atoms with Crippen LogP contribution in [0.25, 0.3) is 11.3 Å². The van der Waals surface area contributed by atoms with Gasteiger partial charge in [0.1, 0.15) is 0 Å². The Kier molecular flexibility index (Phi) is 7.12. The highest BCUT2D eigenvalue weighted by atomic mass is 35.5. The number of nitrogens with zero attached hydrogens (tertiary/aromatic N) is 3. The van der Waals surface area contributed by atoms with Gasteiger partial charge in [-0.15, -0.1) is 0 Å². The van der Waals surface area contributed by atoms with Crippen LogP contribution in [-0.4, -0.2) is 48.5 Å². The molecule has 0 atom stereocenters. The third-order valence-electron chi connectivity index (χ3n) is 5.85. The number of amides is 1. The molecule has 2 aromatic carbocycles. The van der Waals surface area contributed by atoms with Crippen LogP contribution in [0, 0.1) is 6.92 Å². The molecule has 3 aromatic rings. The highest BCUT2D eigenvalue weighted by Crippen LogP contribution is 2.30. The fraction of sp³-hybridized carbons (Fsp3) is 0.360. The lowest BCUT2D eigenvalue weighted by atomic mass is 10.1. The van der Waals surface area contributed by atoms with Crippen molar-refractivity contribution >= 4 is 28.9 Å². The van der Waals surface area contributed by atoms with Crippen LogP contribution in [0.1, 0.15) is 24.8 Å². The van der Waals surface area contributed by atoms with Crippen molar-refractivity contribution in [1.29, 1.82) is 0 Å². The van der Waals surface area contributed by atoms with E-state index in [1.54, 1.807) is 6.20 Å². The van der Waals surface area contributed by atoms with Crippen LogP contribution in [0.4, 0.5) is 11.4 Å². The number of oxazole rings is 1. The molecule has 6 nitrogen and oxygen atoms in total. The summed E-state index contributed by atoms with van der Waals surface area (Å²) < 4.78 is 5.84. The van der Waals surface area contributed by atoms with E-state index in [-0.39, 0.29) is 12.3 Å². The number of aryl methyl sites for hydroxylation is 2. The second kappa shape index (κ2) is 10.2. The van der Waals surface area contributed by atoms with E-state index in [1.807, 2.05) is 49.4 Å². The third-order valence-corrected chi connectivity index (χ3v) is 6.08. The summed E-state index contributed by atoms with van der Waals surface area (Å²) in [4.78, 5) is 21.8. The Morgan fingerprint density at radius 3 is 2.59 bits per heavy atom. The number of nitrogens with one attached hydrogen (secondary N) is 1. The van der Waals surface area contributed by atoms with Crippen LogP contribution in [0.5, 0.6) is 0 Å². The number of hydrogen-bond donors (Lipinski definition) is 1. The lowest BCUT2D eigenvalue weighted by Crippen LogP contribution is -2.46. The van der Waals surface area contributed by atoms with Crippen molar-refractivity contribution in [2.75, 3.05) is 42.9 Å². The van der Waals surface area contributed by atoms with Gasteiger partial charge in [0.2, 0.25) is 5.91 Å². The predicted octanol–water partition coefficient (Wildman–Crippen LogP) is 5.02. The topological polar surface area (TPSA) is 61.6 Å². The van der Waals surface area contributed by atoms with Crippen molar-refractivity contribution in [2.24, 2.45) is 0 Å². The van der Waals surface area contributed by atoms with Gasteiger partial charge in [-0.25, -0.2) is 4.98 Å². The molecule has 168 valence electrons. The Morgan fingerprint density at radius 2 is 1.88 bits per heavy atom. The maximum Gasteiger partial charge on any atom is 0.224 e. The molecule has 1 aliphatic heterocycles. The highest BCUT2D eigenvalue weighted by molar-refractivity contribution is 6.31. The molecule has 0 bridgehead atoms. The van der Waals surface area contributed by atoms with E-state index in [4.69, 9.17) is 16.0 Å². The summed E-state index contributed by atoms with van der Waals surface area (Å²) in [6.45, 7) is 9.17. The van der Waals surface area contributed by atoms with Gasteiger partial charge in [0.25, 0.3) is 0 Å². The summed E-state index contributed by atoms with van der Waals surface area (Å²) in [7, 11) is 0. The number of anilines is 2. The van der Waals surface area contributed by atoms with Crippen LogP contribution in [0.3, 0.4) is 0 Å². The minimum absolute atomic E-state index is 0.0872. The van der Waals surface area contributed by atoms with E-state index in [0.29, 0.717) is 23.1 Å². The number of benzene rings is 2. The number of piperazine rings is 1. The average molecular weight is 453 g/mol. The summed E-state index contributed by atoms with van der Waals surface area (Å²) in [6.07, 6.45) is 2.43. The quantitative estimate of drug-likeness (QED) is 0.545. The van der Waals surface area contributed by atoms with Crippen LogP contribution in [0.15, 0.2) is 53.1 Å². The van der Waals surface area contributed by atoms with Gasteiger partial charge in [0.05, 0.1) is 17.6 Å². The molecule has 0 aliphatic carbocycles. The first-order valence-corrected chi connectivity index (χ1v) is 11.5. The molecule has 0 radical (unpaired) electrons. The van der Waals surface area contributed by atoms with Gasteiger partial charge >= 0.3 is 0 Å². The zero-order chi connectivity index (χ0) is 22.5. The normalized spacial score (nSPS) is 14.5. The first-order chi connectivity index (χ1) is 15.5. The fourth-order valence-corrected chi connectivity index (χ4v) is 4.07. The molecule has 1 aromatic heterocycles. The molecule has 32 heavy (non-hydrogen) atoms. The molecule has 7 heteroatoms. The first-order valence-electron chi connectivity index (χ1n) is 11.1. The molecule has 1 saturated heterocycles. The van der Waals surface area contributed by atoms with Gasteiger partial charge in [0, 0.05) is 49.6 Å². The van der Waals surface area contributed by atoms with Crippen molar-refractivity contribution in [2.45, 2.75) is 26.7 Å². The van der Waals surface area contributed by atoms with Crippen molar-refractivity contribution in [3.8, 4) is 11.3 Å². The Labute approximate surface area is 194 Å². The summed E-state index contributed by atoms with van der Waals surface area (Å²) in [5.41, 5.74) is 3.93. The number of rotatable bonds is 7. The zero-order valence-electron chi connectivity index (χ0n) is 18.6. The largest absolute Gasteiger partial charge is 0.441 e. The number of carbonyl (C=O) groups excluding carboxylic acids is 1. The van der Waals surface area contributed by atoms with E-state index in [9.17, 15) is 4.79 Å². The van der Waals surface area contributed by atoms with E-state index in [0.717, 1.165) is 49.7 Å². The van der Waals surface area contributed by atoms with Crippen LogP contribution in [-0.2, 0) is 11.2 Å².